The molecule has 0 aliphatic carbocycles. The number of rotatable bonds is 10. The first-order valence-corrected chi connectivity index (χ1v) is 14.3. The quantitative estimate of drug-likeness (QED) is 0.122. The fraction of sp³-hybridized carbons (Fsp3) is 0.167. The van der Waals surface area contributed by atoms with E-state index >= 15 is 0 Å². The predicted molar refractivity (Wildman–Crippen MR) is 162 cm³/mol. The molecule has 0 bridgehead atoms. The zero-order valence-electron chi connectivity index (χ0n) is 22.8. The van der Waals surface area contributed by atoms with Gasteiger partial charge in [-0.1, -0.05) is 41.6 Å². The van der Waals surface area contributed by atoms with Crippen molar-refractivity contribution in [1.82, 2.24) is 30.0 Å². The largest absolute Gasteiger partial charge is 0.494 e. The van der Waals surface area contributed by atoms with Crippen LogP contribution in [0.5, 0.6) is 5.75 Å². The second-order valence-electron chi connectivity index (χ2n) is 8.99. The summed E-state index contributed by atoms with van der Waals surface area (Å²) < 4.78 is 9.36. The molecule has 3 aromatic carbocycles. The van der Waals surface area contributed by atoms with Crippen LogP contribution in [0.4, 0.5) is 0 Å². The Balaban J connectivity index is 1.31. The normalized spacial score (nSPS) is 11.2. The van der Waals surface area contributed by atoms with E-state index in [2.05, 4.69) is 25.8 Å². The molecule has 0 aliphatic rings. The Morgan fingerprint density at radius 2 is 1.73 bits per heavy atom. The standard InChI is InChI=1S/C30H28ClN7O2S/c1-4-40-26-16-14-24(15-17-26)37-29(22-10-12-23(31)13-11-22)34-35-30(37)41-19-28(39)33-32-18-27-20(2)36-38(21(27)3)25-8-6-5-7-9-25/h5-18H,4,19H2,1-3H3,(H,33,39)/b32-18-. The van der Waals surface area contributed by atoms with Crippen molar-refractivity contribution in [3.63, 3.8) is 0 Å². The summed E-state index contributed by atoms with van der Waals surface area (Å²) in [6.45, 7) is 6.40. The van der Waals surface area contributed by atoms with Crippen LogP contribution in [0.25, 0.3) is 22.8 Å². The van der Waals surface area contributed by atoms with Crippen LogP contribution in [0.15, 0.2) is 89.1 Å². The average molecular weight is 586 g/mol. The number of thioether (sulfide) groups is 1. The van der Waals surface area contributed by atoms with E-state index in [9.17, 15) is 4.79 Å². The third-order valence-electron chi connectivity index (χ3n) is 6.21. The van der Waals surface area contributed by atoms with E-state index in [1.165, 1.54) is 11.8 Å². The fourth-order valence-corrected chi connectivity index (χ4v) is 5.10. The summed E-state index contributed by atoms with van der Waals surface area (Å²) in [4.78, 5) is 12.7. The summed E-state index contributed by atoms with van der Waals surface area (Å²) in [5.74, 6) is 1.22. The lowest BCUT2D eigenvalue weighted by Gasteiger charge is -2.11. The van der Waals surface area contributed by atoms with Gasteiger partial charge >= 0.3 is 0 Å². The van der Waals surface area contributed by atoms with Gasteiger partial charge in [0.25, 0.3) is 5.91 Å². The first-order valence-electron chi connectivity index (χ1n) is 13.0. The van der Waals surface area contributed by atoms with Crippen molar-refractivity contribution in [2.24, 2.45) is 5.10 Å². The second-order valence-corrected chi connectivity index (χ2v) is 10.4. The minimum absolute atomic E-state index is 0.0916. The Labute approximate surface area is 247 Å². The fourth-order valence-electron chi connectivity index (χ4n) is 4.23. The first-order chi connectivity index (χ1) is 19.9. The Morgan fingerprint density at radius 3 is 2.44 bits per heavy atom. The molecule has 5 aromatic rings. The van der Waals surface area contributed by atoms with Gasteiger partial charge in [-0.2, -0.15) is 10.2 Å². The maximum Gasteiger partial charge on any atom is 0.250 e. The second kappa shape index (κ2) is 12.8. The minimum Gasteiger partial charge on any atom is -0.494 e. The van der Waals surface area contributed by atoms with Gasteiger partial charge in [-0.05, 0) is 81.4 Å². The molecule has 0 aliphatic heterocycles. The molecule has 208 valence electrons. The molecule has 1 amide bonds. The number of carbonyl (C=O) groups excluding carboxylic acids is 1. The maximum absolute atomic E-state index is 12.7. The van der Waals surface area contributed by atoms with E-state index in [4.69, 9.17) is 16.3 Å². The molecule has 0 saturated carbocycles. The van der Waals surface area contributed by atoms with Crippen molar-refractivity contribution in [2.75, 3.05) is 12.4 Å². The summed E-state index contributed by atoms with van der Waals surface area (Å²) in [7, 11) is 0. The Kier molecular flexibility index (Phi) is 8.81. The van der Waals surface area contributed by atoms with Gasteiger partial charge in [0.05, 0.1) is 35.6 Å². The van der Waals surface area contributed by atoms with Crippen LogP contribution in [0, 0.1) is 13.8 Å². The van der Waals surface area contributed by atoms with Crippen LogP contribution in [0.1, 0.15) is 23.9 Å². The Morgan fingerprint density at radius 1 is 1.00 bits per heavy atom. The van der Waals surface area contributed by atoms with Crippen molar-refractivity contribution in [2.45, 2.75) is 25.9 Å². The monoisotopic (exact) mass is 585 g/mol. The van der Waals surface area contributed by atoms with Crippen molar-refractivity contribution >= 4 is 35.5 Å². The molecule has 0 unspecified atom stereocenters. The maximum atomic E-state index is 12.7. The summed E-state index contributed by atoms with van der Waals surface area (Å²) in [5, 5.41) is 18.8. The van der Waals surface area contributed by atoms with Gasteiger partial charge in [0, 0.05) is 21.8 Å². The lowest BCUT2D eigenvalue weighted by atomic mass is 10.2. The van der Waals surface area contributed by atoms with Crippen LogP contribution in [-0.4, -0.2) is 49.0 Å². The van der Waals surface area contributed by atoms with Gasteiger partial charge in [0.15, 0.2) is 11.0 Å². The molecule has 1 N–H and O–H groups in total. The van der Waals surface area contributed by atoms with Crippen molar-refractivity contribution in [1.29, 1.82) is 0 Å². The number of aromatic nitrogens is 5. The summed E-state index contributed by atoms with van der Waals surface area (Å²) in [6.07, 6.45) is 1.63. The number of para-hydroxylation sites is 1. The predicted octanol–water partition coefficient (Wildman–Crippen LogP) is 6.03. The highest BCUT2D eigenvalue weighted by Gasteiger charge is 2.18. The lowest BCUT2D eigenvalue weighted by Crippen LogP contribution is -2.20. The molecule has 2 aromatic heterocycles. The molecule has 11 heteroatoms. The molecular weight excluding hydrogens is 558 g/mol. The number of benzene rings is 3. The lowest BCUT2D eigenvalue weighted by molar-refractivity contribution is -0.118. The van der Waals surface area contributed by atoms with E-state index in [1.54, 1.807) is 18.3 Å². The number of halogens is 1. The zero-order chi connectivity index (χ0) is 28.8. The number of hydrogen-bond donors (Lipinski definition) is 1. The molecule has 0 saturated heterocycles. The van der Waals surface area contributed by atoms with E-state index in [0.29, 0.717) is 22.6 Å². The number of hydrogen-bond acceptors (Lipinski definition) is 7. The average Bonchev–Trinajstić information content (AvgIpc) is 3.54. The van der Waals surface area contributed by atoms with Crippen molar-refractivity contribution in [3.05, 3.63) is 101 Å². The van der Waals surface area contributed by atoms with Gasteiger partial charge < -0.3 is 4.74 Å². The SMILES string of the molecule is CCOc1ccc(-n2c(SCC(=O)N/N=C\c3c(C)nn(-c4ccccc4)c3C)nnc2-c2ccc(Cl)cc2)cc1. The van der Waals surface area contributed by atoms with E-state index in [-0.39, 0.29) is 11.7 Å². The zero-order valence-corrected chi connectivity index (χ0v) is 24.4. The topological polar surface area (TPSA) is 99.2 Å². The molecule has 41 heavy (non-hydrogen) atoms. The molecule has 2 heterocycles. The third kappa shape index (κ3) is 6.50. The number of ether oxygens (including phenoxy) is 1. The highest BCUT2D eigenvalue weighted by Crippen LogP contribution is 2.29. The molecule has 0 spiro atoms. The number of amides is 1. The Hall–Kier alpha value is -4.41. The number of nitrogens with zero attached hydrogens (tertiary/aromatic N) is 6. The number of aryl methyl sites for hydroxylation is 1. The van der Waals surface area contributed by atoms with Crippen LogP contribution in [-0.2, 0) is 4.79 Å². The van der Waals surface area contributed by atoms with Crippen LogP contribution >= 0.6 is 23.4 Å². The highest BCUT2D eigenvalue weighted by molar-refractivity contribution is 7.99. The molecule has 9 nitrogen and oxygen atoms in total. The Bertz CT molecular complexity index is 1660. The number of nitrogens with one attached hydrogen (secondary N) is 1. The van der Waals surface area contributed by atoms with Crippen LogP contribution < -0.4 is 10.2 Å². The van der Waals surface area contributed by atoms with Gasteiger partial charge in [-0.3, -0.25) is 9.36 Å². The number of carbonyl (C=O) groups is 1. The van der Waals surface area contributed by atoms with Crippen molar-refractivity contribution < 1.29 is 9.53 Å². The van der Waals surface area contributed by atoms with E-state index < -0.39 is 0 Å². The molecular formula is C30H28ClN7O2S. The van der Waals surface area contributed by atoms with E-state index in [0.717, 1.165) is 39.6 Å². The summed E-state index contributed by atoms with van der Waals surface area (Å²) in [6, 6.07) is 24.9. The van der Waals surface area contributed by atoms with Gasteiger partial charge in [0.2, 0.25) is 0 Å². The number of hydrazone groups is 1. The van der Waals surface area contributed by atoms with Crippen molar-refractivity contribution in [3.8, 4) is 28.5 Å². The van der Waals surface area contributed by atoms with E-state index in [1.807, 2.05) is 96.8 Å². The third-order valence-corrected chi connectivity index (χ3v) is 7.39. The first kappa shape index (κ1) is 28.1. The molecule has 0 fully saturated rings. The smallest absolute Gasteiger partial charge is 0.250 e. The van der Waals surface area contributed by atoms with Gasteiger partial charge in [-0.25, -0.2) is 10.1 Å². The summed E-state index contributed by atoms with van der Waals surface area (Å²) in [5.41, 5.74) is 7.86. The molecule has 0 atom stereocenters. The molecule has 5 rings (SSSR count). The van der Waals surface area contributed by atoms with Gasteiger partial charge in [0.1, 0.15) is 5.75 Å². The van der Waals surface area contributed by atoms with Crippen LogP contribution in [0.2, 0.25) is 5.02 Å². The highest BCUT2D eigenvalue weighted by atomic mass is 35.5. The minimum atomic E-state index is -0.272. The summed E-state index contributed by atoms with van der Waals surface area (Å²) >= 11 is 7.37. The molecule has 0 radical (unpaired) electrons. The van der Waals surface area contributed by atoms with Gasteiger partial charge in [-0.15, -0.1) is 10.2 Å². The van der Waals surface area contributed by atoms with Crippen LogP contribution in [0.3, 0.4) is 0 Å².